The molecule has 2 N–H and O–H groups in total. The molecule has 0 saturated carbocycles. The van der Waals surface area contributed by atoms with Crippen LogP contribution >= 0.6 is 0 Å². The van der Waals surface area contributed by atoms with Crippen molar-refractivity contribution >= 4 is 8.41 Å². The zero-order valence-corrected chi connectivity index (χ0v) is 7.20. The van der Waals surface area contributed by atoms with Crippen molar-refractivity contribution in [3.8, 4) is 0 Å². The first-order valence-electron chi connectivity index (χ1n) is 3.49. The van der Waals surface area contributed by atoms with Crippen LogP contribution in [-0.2, 0) is 0 Å². The van der Waals surface area contributed by atoms with Crippen molar-refractivity contribution in [3.63, 3.8) is 0 Å². The summed E-state index contributed by atoms with van der Waals surface area (Å²) >= 11 is 0. The Morgan fingerprint density at radius 2 is 0.909 bits per heavy atom. The summed E-state index contributed by atoms with van der Waals surface area (Å²) in [6.07, 6.45) is 0. The number of nitrogens with two attached hydrogens (primary N) is 1. The van der Waals surface area contributed by atoms with E-state index >= 15 is 0 Å². The molecule has 0 aromatic heterocycles. The molecule has 3 radical (unpaired) electrons. The van der Waals surface area contributed by atoms with E-state index in [4.69, 9.17) is 5.73 Å². The molecule has 11 heavy (non-hydrogen) atoms. The van der Waals surface area contributed by atoms with Gasteiger partial charge >= 0.3 is 0 Å². The maximum Gasteiger partial charge on any atom is 0 e. The van der Waals surface area contributed by atoms with E-state index in [9.17, 15) is 0 Å². The number of rotatable bonds is 0. The van der Waals surface area contributed by atoms with Gasteiger partial charge in [0.25, 0.3) is 0 Å². The molecule has 1 aromatic carbocycles. The van der Waals surface area contributed by atoms with Crippen LogP contribution in [0.4, 0.5) is 0 Å². The van der Waals surface area contributed by atoms with E-state index in [1.54, 1.807) is 0 Å². The van der Waals surface area contributed by atoms with Gasteiger partial charge in [-0.25, -0.2) is 0 Å². The van der Waals surface area contributed by atoms with Crippen LogP contribution in [0, 0.1) is 0 Å². The van der Waals surface area contributed by atoms with Gasteiger partial charge in [0.2, 0.25) is 0 Å². The number of benzene rings is 1. The van der Waals surface area contributed by atoms with Crippen LogP contribution in [0.15, 0.2) is 36.4 Å². The average Bonchev–Trinajstić information content (AvgIpc) is 1.90. The lowest BCUT2D eigenvalue weighted by Crippen LogP contribution is -2.06. The summed E-state index contributed by atoms with van der Waals surface area (Å²) in [7, 11) is 0. The largest absolute Gasteiger partial charge is 0.328 e. The molecule has 0 unspecified atom stereocenters. The molecule has 2 heteroatoms. The Kier molecular flexibility index (Phi) is 10.8. The van der Waals surface area contributed by atoms with Crippen molar-refractivity contribution in [3.05, 3.63) is 36.4 Å². The van der Waals surface area contributed by atoms with Gasteiger partial charge in [0.15, 0.2) is 0 Å². The van der Waals surface area contributed by atoms with E-state index in [1.165, 1.54) is 0 Å². The normalized spacial score (nSPS) is 7.64. The Balaban J connectivity index is 0. The summed E-state index contributed by atoms with van der Waals surface area (Å²) in [5.41, 5.74) is 5.11. The molecule has 0 fully saturated rings. The zero-order valence-electron chi connectivity index (χ0n) is 7.20. The van der Waals surface area contributed by atoms with Crippen molar-refractivity contribution in [2.75, 3.05) is 0 Å². The minimum Gasteiger partial charge on any atom is -0.328 e. The maximum atomic E-state index is 5.11. The fourth-order valence-electron chi connectivity index (χ4n) is 0.385. The number of hydrogen-bond acceptors (Lipinski definition) is 1. The molecular formula is C9H15BN. The van der Waals surface area contributed by atoms with E-state index in [-0.39, 0.29) is 8.41 Å². The van der Waals surface area contributed by atoms with Gasteiger partial charge in [-0.15, -0.1) is 0 Å². The second-order valence-electron chi connectivity index (χ2n) is 2.40. The Bertz CT molecular complexity index is 110. The monoisotopic (exact) mass is 148 g/mol. The summed E-state index contributed by atoms with van der Waals surface area (Å²) in [4.78, 5) is 0. The van der Waals surface area contributed by atoms with Gasteiger partial charge in [-0.3, -0.25) is 0 Å². The van der Waals surface area contributed by atoms with Gasteiger partial charge in [0.05, 0.1) is 0 Å². The Morgan fingerprint density at radius 3 is 1.00 bits per heavy atom. The van der Waals surface area contributed by atoms with E-state index in [1.807, 2.05) is 50.2 Å². The molecule has 1 nitrogen and oxygen atoms in total. The summed E-state index contributed by atoms with van der Waals surface area (Å²) < 4.78 is 0. The van der Waals surface area contributed by atoms with E-state index < -0.39 is 0 Å². The summed E-state index contributed by atoms with van der Waals surface area (Å²) in [5, 5.41) is 0. The quantitative estimate of drug-likeness (QED) is 0.556. The molecule has 0 heterocycles. The highest BCUT2D eigenvalue weighted by Crippen LogP contribution is 1.79. The highest BCUT2D eigenvalue weighted by molar-refractivity contribution is 5.75. The molecule has 1 rings (SSSR count). The standard InChI is InChI=1S/C6H6.C3H9N.B/c1-2-4-6-5-3-1;1-3(2)4;/h1-6H;3H,4H2,1-2H3;. The predicted molar refractivity (Wildman–Crippen MR) is 51.5 cm³/mol. The minimum atomic E-state index is 0. The van der Waals surface area contributed by atoms with Gasteiger partial charge in [0.1, 0.15) is 0 Å². The summed E-state index contributed by atoms with van der Waals surface area (Å²) in [6, 6.07) is 12.3. The minimum absolute atomic E-state index is 0. The van der Waals surface area contributed by atoms with Crippen molar-refractivity contribution in [1.82, 2.24) is 0 Å². The van der Waals surface area contributed by atoms with Crippen LogP contribution in [0.2, 0.25) is 0 Å². The number of hydrogen-bond donors (Lipinski definition) is 1. The van der Waals surface area contributed by atoms with Crippen molar-refractivity contribution < 1.29 is 0 Å². The lowest BCUT2D eigenvalue weighted by molar-refractivity contribution is 0.834. The lowest BCUT2D eigenvalue weighted by Gasteiger charge is -1.81. The SMILES string of the molecule is CC(C)N.[B].c1ccccc1. The van der Waals surface area contributed by atoms with E-state index in [2.05, 4.69) is 0 Å². The van der Waals surface area contributed by atoms with Gasteiger partial charge in [-0.05, 0) is 6.04 Å². The van der Waals surface area contributed by atoms with E-state index in [0.29, 0.717) is 6.04 Å². The van der Waals surface area contributed by atoms with Gasteiger partial charge in [0, 0.05) is 8.41 Å². The molecule has 0 amide bonds. The molecule has 0 saturated heterocycles. The van der Waals surface area contributed by atoms with Crippen LogP contribution in [0.5, 0.6) is 0 Å². The average molecular weight is 148 g/mol. The molecule has 0 aliphatic carbocycles. The van der Waals surface area contributed by atoms with Crippen LogP contribution in [0.25, 0.3) is 0 Å². The summed E-state index contributed by atoms with van der Waals surface area (Å²) in [5.74, 6) is 0. The molecule has 0 aliphatic rings. The fourth-order valence-corrected chi connectivity index (χ4v) is 0.385. The van der Waals surface area contributed by atoms with Crippen molar-refractivity contribution in [2.45, 2.75) is 19.9 Å². The zero-order chi connectivity index (χ0) is 7.82. The second-order valence-corrected chi connectivity index (χ2v) is 2.40. The van der Waals surface area contributed by atoms with Gasteiger partial charge in [-0.1, -0.05) is 50.2 Å². The van der Waals surface area contributed by atoms with Crippen molar-refractivity contribution in [1.29, 1.82) is 0 Å². The third-order valence-corrected chi connectivity index (χ3v) is 0.667. The molecule has 0 bridgehead atoms. The van der Waals surface area contributed by atoms with Gasteiger partial charge < -0.3 is 5.73 Å². The molecule has 0 atom stereocenters. The first kappa shape index (κ1) is 12.9. The van der Waals surface area contributed by atoms with Crippen LogP contribution in [0.1, 0.15) is 13.8 Å². The Morgan fingerprint density at radius 1 is 0.818 bits per heavy atom. The molecule has 0 aliphatic heterocycles. The Hall–Kier alpha value is -0.755. The first-order valence-corrected chi connectivity index (χ1v) is 3.49. The summed E-state index contributed by atoms with van der Waals surface area (Å²) in [6.45, 7) is 3.89. The van der Waals surface area contributed by atoms with Crippen LogP contribution in [-0.4, -0.2) is 14.5 Å². The Labute approximate surface area is 71.2 Å². The van der Waals surface area contributed by atoms with Crippen molar-refractivity contribution in [2.24, 2.45) is 5.73 Å². The molecular weight excluding hydrogens is 133 g/mol. The fraction of sp³-hybridized carbons (Fsp3) is 0.333. The van der Waals surface area contributed by atoms with Crippen LogP contribution < -0.4 is 5.73 Å². The third-order valence-electron chi connectivity index (χ3n) is 0.667. The molecule has 59 valence electrons. The predicted octanol–water partition coefficient (Wildman–Crippen LogP) is 1.66. The third kappa shape index (κ3) is 17.6. The topological polar surface area (TPSA) is 26.0 Å². The smallest absolute Gasteiger partial charge is 0 e. The highest BCUT2D eigenvalue weighted by atomic mass is 14.6. The molecule has 0 spiro atoms. The highest BCUT2D eigenvalue weighted by Gasteiger charge is 1.67. The lowest BCUT2D eigenvalue weighted by atomic mass is 10.4. The van der Waals surface area contributed by atoms with E-state index in [0.717, 1.165) is 0 Å². The first-order chi connectivity index (χ1) is 4.73. The second kappa shape index (κ2) is 9.24. The molecule has 1 aromatic rings. The maximum absolute atomic E-state index is 5.11. The van der Waals surface area contributed by atoms with Crippen LogP contribution in [0.3, 0.4) is 0 Å². The van der Waals surface area contributed by atoms with Gasteiger partial charge in [-0.2, -0.15) is 0 Å².